The van der Waals surface area contributed by atoms with Crippen LogP contribution in [-0.2, 0) is 11.8 Å². The van der Waals surface area contributed by atoms with Gasteiger partial charge in [-0.25, -0.2) is 0 Å². The van der Waals surface area contributed by atoms with Gasteiger partial charge in [-0.2, -0.15) is 79.0 Å². The second kappa shape index (κ2) is 7.48. The van der Waals surface area contributed by atoms with Crippen molar-refractivity contribution in [3.05, 3.63) is 41.8 Å². The van der Waals surface area contributed by atoms with Crippen LogP contribution in [0.2, 0.25) is 0 Å². The lowest BCUT2D eigenvalue weighted by atomic mass is 9.87. The zero-order valence-electron chi connectivity index (χ0n) is 14.7. The standard InChI is InChI=1S/C15H5F18/c1-5-6(8(16,17)10(20,21)12(24,25)14(28,29)30)3-2-4-7(5)9(18,19)11(22,23)13(26,27)15(31,32)33/h2-4H,1H2. The molecule has 0 spiro atoms. The molecule has 1 aromatic rings. The van der Waals surface area contributed by atoms with Gasteiger partial charge in [0.05, 0.1) is 0 Å². The minimum absolute atomic E-state index is 0.398. The molecule has 0 fully saturated rings. The van der Waals surface area contributed by atoms with Gasteiger partial charge in [-0.15, -0.1) is 0 Å². The summed E-state index contributed by atoms with van der Waals surface area (Å²) in [5, 5.41) is 0. The van der Waals surface area contributed by atoms with E-state index in [2.05, 4.69) is 6.92 Å². The summed E-state index contributed by atoms with van der Waals surface area (Å²) in [5.74, 6) is -43.8. The molecule has 1 aromatic carbocycles. The van der Waals surface area contributed by atoms with Crippen molar-refractivity contribution in [2.45, 2.75) is 47.9 Å². The highest BCUT2D eigenvalue weighted by Gasteiger charge is 2.84. The zero-order valence-corrected chi connectivity index (χ0v) is 14.7. The molecule has 1 radical (unpaired) electrons. The van der Waals surface area contributed by atoms with E-state index in [0.717, 1.165) is 0 Å². The van der Waals surface area contributed by atoms with Gasteiger partial charge in [-0.3, -0.25) is 0 Å². The van der Waals surface area contributed by atoms with Gasteiger partial charge in [-0.05, 0) is 12.5 Å². The third kappa shape index (κ3) is 3.85. The highest BCUT2D eigenvalue weighted by atomic mass is 19.4. The van der Waals surface area contributed by atoms with Crippen molar-refractivity contribution in [3.63, 3.8) is 0 Å². The molecule has 0 atom stereocenters. The summed E-state index contributed by atoms with van der Waals surface area (Å²) in [6.45, 7) is 2.09. The van der Waals surface area contributed by atoms with Gasteiger partial charge in [0.15, 0.2) is 0 Å². The zero-order chi connectivity index (χ0) is 26.9. The number of hydrogen-bond donors (Lipinski definition) is 0. The highest BCUT2D eigenvalue weighted by molar-refractivity contribution is 5.45. The maximum Gasteiger partial charge on any atom is 0.460 e. The number of hydrogen-bond acceptors (Lipinski definition) is 0. The molecule has 0 aliphatic rings. The van der Waals surface area contributed by atoms with E-state index in [1.165, 1.54) is 0 Å². The van der Waals surface area contributed by atoms with Crippen LogP contribution in [0.5, 0.6) is 0 Å². The van der Waals surface area contributed by atoms with E-state index in [1.54, 1.807) is 0 Å². The first-order chi connectivity index (χ1) is 14.1. The lowest BCUT2D eigenvalue weighted by Crippen LogP contribution is -2.60. The van der Waals surface area contributed by atoms with E-state index in [0.29, 0.717) is 0 Å². The maximum atomic E-state index is 14.0. The van der Waals surface area contributed by atoms with Crippen molar-refractivity contribution in [2.75, 3.05) is 0 Å². The summed E-state index contributed by atoms with van der Waals surface area (Å²) >= 11 is 0. The van der Waals surface area contributed by atoms with Crippen LogP contribution < -0.4 is 0 Å². The minimum Gasteiger partial charge on any atom is -0.194 e. The average molecular weight is 527 g/mol. The third-order valence-electron chi connectivity index (χ3n) is 4.14. The van der Waals surface area contributed by atoms with Crippen molar-refractivity contribution in [1.82, 2.24) is 0 Å². The largest absolute Gasteiger partial charge is 0.460 e. The van der Waals surface area contributed by atoms with Crippen LogP contribution in [0.4, 0.5) is 79.0 Å². The van der Waals surface area contributed by atoms with Crippen LogP contribution in [0.15, 0.2) is 18.2 Å². The first-order valence-corrected chi connectivity index (χ1v) is 7.50. The normalized spacial score (nSPS) is 15.7. The third-order valence-corrected chi connectivity index (χ3v) is 4.14. The van der Waals surface area contributed by atoms with E-state index in [9.17, 15) is 79.0 Å². The molecule has 0 amide bonds. The fourth-order valence-electron chi connectivity index (χ4n) is 2.26. The van der Waals surface area contributed by atoms with Gasteiger partial charge >= 0.3 is 47.9 Å². The highest BCUT2D eigenvalue weighted by Crippen LogP contribution is 2.60. The quantitative estimate of drug-likeness (QED) is 0.333. The molecule has 0 aliphatic heterocycles. The Morgan fingerprint density at radius 1 is 0.424 bits per heavy atom. The maximum absolute atomic E-state index is 14.0. The van der Waals surface area contributed by atoms with Gasteiger partial charge in [0.25, 0.3) is 0 Å². The number of alkyl halides is 18. The average Bonchev–Trinajstić information content (AvgIpc) is 2.58. The molecule has 0 saturated heterocycles. The van der Waals surface area contributed by atoms with Crippen molar-refractivity contribution in [2.24, 2.45) is 0 Å². The van der Waals surface area contributed by atoms with Crippen LogP contribution >= 0.6 is 0 Å². The second-order valence-electron chi connectivity index (χ2n) is 6.27. The number of benzene rings is 1. The molecule has 0 N–H and O–H groups in total. The Bertz CT molecular complexity index is 804. The summed E-state index contributed by atoms with van der Waals surface area (Å²) < 4.78 is 235. The Labute approximate surface area is 170 Å². The molecular formula is C15H5F18. The summed E-state index contributed by atoms with van der Waals surface area (Å²) in [7, 11) is 0. The first kappa shape index (κ1) is 29.0. The molecule has 33 heavy (non-hydrogen) atoms. The van der Waals surface area contributed by atoms with Gasteiger partial charge in [0.2, 0.25) is 0 Å². The van der Waals surface area contributed by atoms with E-state index < -0.39 is 82.8 Å². The van der Waals surface area contributed by atoms with Crippen molar-refractivity contribution < 1.29 is 79.0 Å². The fraction of sp³-hybridized carbons (Fsp3) is 0.533. The summed E-state index contributed by atoms with van der Waals surface area (Å²) in [5.41, 5.74) is -8.66. The molecule has 0 saturated carbocycles. The molecule has 0 nitrogen and oxygen atoms in total. The topological polar surface area (TPSA) is 0 Å². The van der Waals surface area contributed by atoms with Gasteiger partial charge in [0.1, 0.15) is 0 Å². The minimum atomic E-state index is -7.57. The van der Waals surface area contributed by atoms with Gasteiger partial charge in [0, 0.05) is 11.1 Å². The molecule has 0 heterocycles. The van der Waals surface area contributed by atoms with Crippen molar-refractivity contribution in [1.29, 1.82) is 0 Å². The summed E-state index contributed by atoms with van der Waals surface area (Å²) in [6, 6.07) is -1.56. The lowest BCUT2D eigenvalue weighted by molar-refractivity contribution is -0.400. The van der Waals surface area contributed by atoms with Gasteiger partial charge < -0.3 is 0 Å². The van der Waals surface area contributed by atoms with Crippen molar-refractivity contribution in [3.8, 4) is 0 Å². The fourth-order valence-corrected chi connectivity index (χ4v) is 2.26. The summed E-state index contributed by atoms with van der Waals surface area (Å²) in [4.78, 5) is 0. The Hall–Kier alpha value is -2.04. The monoisotopic (exact) mass is 527 g/mol. The molecule has 0 unspecified atom stereocenters. The van der Waals surface area contributed by atoms with E-state index in [4.69, 9.17) is 0 Å². The Kier molecular flexibility index (Phi) is 6.57. The van der Waals surface area contributed by atoms with Gasteiger partial charge in [-0.1, -0.05) is 18.2 Å². The van der Waals surface area contributed by atoms with Crippen LogP contribution in [0.1, 0.15) is 16.7 Å². The molecule has 18 heteroatoms. The summed E-state index contributed by atoms with van der Waals surface area (Å²) in [6.07, 6.45) is -14.7. The Morgan fingerprint density at radius 3 is 0.879 bits per heavy atom. The number of rotatable bonds is 6. The van der Waals surface area contributed by atoms with Crippen LogP contribution in [-0.4, -0.2) is 36.0 Å². The van der Waals surface area contributed by atoms with Crippen LogP contribution in [0, 0.1) is 6.92 Å². The van der Waals surface area contributed by atoms with Crippen LogP contribution in [0.3, 0.4) is 0 Å². The molecule has 0 aromatic heterocycles. The Balaban J connectivity index is 3.83. The second-order valence-corrected chi connectivity index (χ2v) is 6.27. The first-order valence-electron chi connectivity index (χ1n) is 7.50. The number of halogens is 18. The van der Waals surface area contributed by atoms with E-state index in [-0.39, 0.29) is 0 Å². The smallest absolute Gasteiger partial charge is 0.194 e. The predicted octanol–water partition coefficient (Wildman–Crippen LogP) is 7.72. The molecule has 0 bridgehead atoms. The predicted molar refractivity (Wildman–Crippen MR) is 70.6 cm³/mol. The molecule has 1 rings (SSSR count). The Morgan fingerprint density at radius 2 is 0.667 bits per heavy atom. The lowest BCUT2D eigenvalue weighted by Gasteiger charge is -2.36. The molecule has 0 aliphatic carbocycles. The molecular weight excluding hydrogens is 522 g/mol. The van der Waals surface area contributed by atoms with E-state index in [1.807, 2.05) is 0 Å². The SMILES string of the molecule is [CH2]c1c(C(F)(F)C(F)(F)C(F)(F)C(F)(F)F)cccc1C(F)(F)C(F)(F)C(F)(F)C(F)(F)F. The van der Waals surface area contributed by atoms with Crippen LogP contribution in [0.25, 0.3) is 0 Å². The molecule has 191 valence electrons. The van der Waals surface area contributed by atoms with Crippen molar-refractivity contribution >= 4 is 0 Å². The van der Waals surface area contributed by atoms with E-state index >= 15 is 0 Å².